The van der Waals surface area contributed by atoms with E-state index in [1.54, 1.807) is 30.3 Å². The van der Waals surface area contributed by atoms with Gasteiger partial charge < -0.3 is 14.6 Å². The second-order valence-corrected chi connectivity index (χ2v) is 7.13. The second-order valence-electron chi connectivity index (χ2n) is 7.13. The second kappa shape index (κ2) is 8.93. The molecular formula is C25H22N2O5. The van der Waals surface area contributed by atoms with Gasteiger partial charge in [-0.05, 0) is 41.8 Å². The van der Waals surface area contributed by atoms with E-state index >= 15 is 0 Å². The van der Waals surface area contributed by atoms with Gasteiger partial charge in [-0.25, -0.2) is 9.59 Å². The minimum Gasteiger partial charge on any atom is -0.478 e. The molecule has 0 saturated carbocycles. The molecule has 32 heavy (non-hydrogen) atoms. The normalized spacial score (nSPS) is 10.8. The van der Waals surface area contributed by atoms with E-state index in [-0.39, 0.29) is 5.56 Å². The number of nitrogens with zero attached hydrogens (tertiary/aromatic N) is 2. The molecule has 1 aromatic heterocycles. The van der Waals surface area contributed by atoms with Gasteiger partial charge in [0.1, 0.15) is 0 Å². The summed E-state index contributed by atoms with van der Waals surface area (Å²) in [5.74, 6) is -1.41. The van der Waals surface area contributed by atoms with Gasteiger partial charge in [0.25, 0.3) is 6.01 Å². The van der Waals surface area contributed by atoms with Crippen LogP contribution in [0.5, 0.6) is 6.01 Å². The SMILES string of the molecule is CCOc1nc2cccc(C(=O)OC)c2n1Cc1ccc(-c2ccccc2C(=O)O)cc1. The molecule has 162 valence electrons. The van der Waals surface area contributed by atoms with Crippen LogP contribution >= 0.6 is 0 Å². The number of aromatic carboxylic acids is 1. The first-order chi connectivity index (χ1) is 15.5. The monoisotopic (exact) mass is 430 g/mol. The van der Waals surface area contributed by atoms with Crippen molar-refractivity contribution < 1.29 is 24.2 Å². The molecule has 1 N–H and O–H groups in total. The van der Waals surface area contributed by atoms with Gasteiger partial charge >= 0.3 is 11.9 Å². The maximum atomic E-state index is 12.3. The molecule has 7 heteroatoms. The van der Waals surface area contributed by atoms with Crippen molar-refractivity contribution in [1.29, 1.82) is 0 Å². The molecule has 0 fully saturated rings. The van der Waals surface area contributed by atoms with Crippen LogP contribution in [-0.2, 0) is 11.3 Å². The average Bonchev–Trinajstić information content (AvgIpc) is 3.16. The summed E-state index contributed by atoms with van der Waals surface area (Å²) in [6.45, 7) is 2.72. The number of fused-ring (bicyclic) bond motifs is 1. The molecule has 0 aliphatic carbocycles. The highest BCUT2D eigenvalue weighted by Gasteiger charge is 2.20. The van der Waals surface area contributed by atoms with Gasteiger partial charge in [0, 0.05) is 0 Å². The Bertz CT molecular complexity index is 1290. The van der Waals surface area contributed by atoms with Crippen LogP contribution in [0.1, 0.15) is 33.2 Å². The highest BCUT2D eigenvalue weighted by molar-refractivity contribution is 6.02. The summed E-state index contributed by atoms with van der Waals surface area (Å²) in [6, 6.07) is 20.2. The Labute approximate surface area is 184 Å². The summed E-state index contributed by atoms with van der Waals surface area (Å²) in [5, 5.41) is 9.46. The Morgan fingerprint density at radius 3 is 2.38 bits per heavy atom. The number of aromatic nitrogens is 2. The molecule has 0 radical (unpaired) electrons. The van der Waals surface area contributed by atoms with Crippen molar-refractivity contribution in [3.8, 4) is 17.1 Å². The van der Waals surface area contributed by atoms with Crippen molar-refractivity contribution >= 4 is 23.0 Å². The van der Waals surface area contributed by atoms with Crippen LogP contribution in [0, 0.1) is 0 Å². The predicted octanol–water partition coefficient (Wildman–Crippen LogP) is 4.64. The molecule has 0 saturated heterocycles. The van der Waals surface area contributed by atoms with Crippen LogP contribution < -0.4 is 4.74 Å². The Morgan fingerprint density at radius 2 is 1.69 bits per heavy atom. The van der Waals surface area contributed by atoms with E-state index in [0.29, 0.717) is 41.3 Å². The van der Waals surface area contributed by atoms with Gasteiger partial charge in [0.05, 0.1) is 42.4 Å². The first-order valence-electron chi connectivity index (χ1n) is 10.2. The third-order valence-electron chi connectivity index (χ3n) is 5.17. The minimum atomic E-state index is -0.966. The third-order valence-corrected chi connectivity index (χ3v) is 5.17. The van der Waals surface area contributed by atoms with E-state index in [1.807, 2.05) is 47.9 Å². The minimum absolute atomic E-state index is 0.252. The highest BCUT2D eigenvalue weighted by atomic mass is 16.5. The lowest BCUT2D eigenvalue weighted by molar-refractivity contribution is 0.0601. The van der Waals surface area contributed by atoms with Crippen LogP contribution in [0.25, 0.3) is 22.2 Å². The number of carboxylic acids is 1. The molecule has 1 heterocycles. The predicted molar refractivity (Wildman–Crippen MR) is 120 cm³/mol. The van der Waals surface area contributed by atoms with Gasteiger partial charge in [-0.2, -0.15) is 4.98 Å². The summed E-state index contributed by atoms with van der Waals surface area (Å²) in [4.78, 5) is 28.4. The van der Waals surface area contributed by atoms with E-state index in [1.165, 1.54) is 7.11 Å². The molecular weight excluding hydrogens is 408 g/mol. The number of benzene rings is 3. The Balaban J connectivity index is 1.74. The van der Waals surface area contributed by atoms with E-state index in [9.17, 15) is 14.7 Å². The largest absolute Gasteiger partial charge is 0.478 e. The quantitative estimate of drug-likeness (QED) is 0.430. The van der Waals surface area contributed by atoms with Gasteiger partial charge in [-0.3, -0.25) is 4.57 Å². The maximum absolute atomic E-state index is 12.3. The topological polar surface area (TPSA) is 90.7 Å². The average molecular weight is 430 g/mol. The zero-order valence-electron chi connectivity index (χ0n) is 17.7. The summed E-state index contributed by atoms with van der Waals surface area (Å²) in [6.07, 6.45) is 0. The fraction of sp³-hybridized carbons (Fsp3) is 0.160. The molecule has 7 nitrogen and oxygen atoms in total. The van der Waals surface area contributed by atoms with Crippen LogP contribution in [0.15, 0.2) is 66.7 Å². The highest BCUT2D eigenvalue weighted by Crippen LogP contribution is 2.28. The van der Waals surface area contributed by atoms with Crippen molar-refractivity contribution in [3.05, 3.63) is 83.4 Å². The number of carboxylic acid groups (broad SMARTS) is 1. The Hall–Kier alpha value is -4.13. The number of esters is 1. The number of rotatable bonds is 7. The summed E-state index contributed by atoms with van der Waals surface area (Å²) < 4.78 is 12.5. The number of hydrogen-bond acceptors (Lipinski definition) is 5. The van der Waals surface area contributed by atoms with Crippen molar-refractivity contribution in [2.24, 2.45) is 0 Å². The number of para-hydroxylation sites is 1. The smallest absolute Gasteiger partial charge is 0.340 e. The molecule has 3 aromatic carbocycles. The third kappa shape index (κ3) is 3.92. The van der Waals surface area contributed by atoms with Gasteiger partial charge in [0.2, 0.25) is 0 Å². The molecule has 4 aromatic rings. The molecule has 0 aliphatic rings. The zero-order valence-corrected chi connectivity index (χ0v) is 17.7. The summed E-state index contributed by atoms with van der Waals surface area (Å²) in [7, 11) is 1.35. The maximum Gasteiger partial charge on any atom is 0.340 e. The Morgan fingerprint density at radius 1 is 0.969 bits per heavy atom. The van der Waals surface area contributed by atoms with Crippen LogP contribution in [-0.4, -0.2) is 40.3 Å². The molecule has 0 aliphatic heterocycles. The van der Waals surface area contributed by atoms with Gasteiger partial charge in [0.15, 0.2) is 0 Å². The lowest BCUT2D eigenvalue weighted by atomic mass is 9.99. The van der Waals surface area contributed by atoms with E-state index in [0.717, 1.165) is 11.1 Å². The number of carbonyl (C=O) groups excluding carboxylic acids is 1. The van der Waals surface area contributed by atoms with E-state index in [2.05, 4.69) is 4.98 Å². The van der Waals surface area contributed by atoms with Crippen LogP contribution in [0.4, 0.5) is 0 Å². The molecule has 0 atom stereocenters. The van der Waals surface area contributed by atoms with E-state index < -0.39 is 11.9 Å². The number of hydrogen-bond donors (Lipinski definition) is 1. The van der Waals surface area contributed by atoms with Crippen LogP contribution in [0.2, 0.25) is 0 Å². The summed E-state index contributed by atoms with van der Waals surface area (Å²) >= 11 is 0. The molecule has 0 amide bonds. The molecule has 4 rings (SSSR count). The first-order valence-corrected chi connectivity index (χ1v) is 10.2. The lowest BCUT2D eigenvalue weighted by Gasteiger charge is -2.12. The number of imidazole rings is 1. The molecule has 0 bridgehead atoms. The van der Waals surface area contributed by atoms with Gasteiger partial charge in [-0.1, -0.05) is 48.5 Å². The standard InChI is InChI=1S/C25H22N2O5/c1-3-32-25-26-21-10-6-9-20(24(30)31-2)22(21)27(25)15-16-11-13-17(14-12-16)18-7-4-5-8-19(18)23(28)29/h4-14H,3,15H2,1-2H3,(H,28,29). The summed E-state index contributed by atoms with van der Waals surface area (Å²) in [5.41, 5.74) is 4.36. The van der Waals surface area contributed by atoms with Crippen molar-refractivity contribution in [2.45, 2.75) is 13.5 Å². The fourth-order valence-corrected chi connectivity index (χ4v) is 3.72. The first kappa shape index (κ1) is 21.1. The Kier molecular flexibility index (Phi) is 5.89. The number of ether oxygens (including phenoxy) is 2. The lowest BCUT2D eigenvalue weighted by Crippen LogP contribution is -2.09. The molecule has 0 unspecified atom stereocenters. The fourth-order valence-electron chi connectivity index (χ4n) is 3.72. The molecule has 0 spiro atoms. The number of carbonyl (C=O) groups is 2. The van der Waals surface area contributed by atoms with Crippen LogP contribution in [0.3, 0.4) is 0 Å². The van der Waals surface area contributed by atoms with Crippen molar-refractivity contribution in [2.75, 3.05) is 13.7 Å². The van der Waals surface area contributed by atoms with Gasteiger partial charge in [-0.15, -0.1) is 0 Å². The van der Waals surface area contributed by atoms with Crippen molar-refractivity contribution in [1.82, 2.24) is 9.55 Å². The van der Waals surface area contributed by atoms with E-state index in [4.69, 9.17) is 9.47 Å². The number of methoxy groups -OCH3 is 1. The zero-order chi connectivity index (χ0) is 22.7. The van der Waals surface area contributed by atoms with Crippen molar-refractivity contribution in [3.63, 3.8) is 0 Å².